The maximum absolute atomic E-state index is 10.1. The molecule has 1 rings (SSSR count). The first-order valence-corrected chi connectivity index (χ1v) is 5.31. The Hall–Kier alpha value is -0.160. The lowest BCUT2D eigenvalue weighted by Gasteiger charge is -2.30. The van der Waals surface area contributed by atoms with Crippen molar-refractivity contribution in [2.75, 3.05) is 19.6 Å². The summed E-state index contributed by atoms with van der Waals surface area (Å²) in [4.78, 5) is 1.92. The number of likely N-dealkylation sites (tertiary alicyclic amines) is 1. The Morgan fingerprint density at radius 2 is 1.57 bits per heavy atom. The van der Waals surface area contributed by atoms with E-state index in [1.807, 2.05) is 18.7 Å². The summed E-state index contributed by atoms with van der Waals surface area (Å²) in [7, 11) is 0. The van der Waals surface area contributed by atoms with Crippen molar-refractivity contribution >= 4 is 0 Å². The minimum atomic E-state index is -0.677. The second-order valence-electron chi connectivity index (χ2n) is 4.26. The largest absolute Gasteiger partial charge is 0.389 e. The maximum Gasteiger partial charge on any atom is 0.0938 e. The molecule has 14 heavy (non-hydrogen) atoms. The number of aliphatic hydroxyl groups excluding tert-OH is 2. The van der Waals surface area contributed by atoms with Gasteiger partial charge in [0.1, 0.15) is 0 Å². The molecule has 4 heteroatoms. The van der Waals surface area contributed by atoms with E-state index in [0.29, 0.717) is 32.5 Å². The van der Waals surface area contributed by atoms with E-state index in [9.17, 15) is 15.3 Å². The minimum absolute atomic E-state index is 0.462. The molecular formula is C10H21NO3. The first kappa shape index (κ1) is 11.9. The standard InChI is InChI=1S/C10H21NO3/c1-3-10(14,4-2)7-11-5-8(12)9(13)6-11/h8-9,12-14H,3-7H2,1-2H3/t8-,9+. The molecule has 84 valence electrons. The second kappa shape index (κ2) is 4.57. The van der Waals surface area contributed by atoms with Gasteiger partial charge in [0.25, 0.3) is 0 Å². The average molecular weight is 203 g/mol. The summed E-state index contributed by atoms with van der Waals surface area (Å²) in [6.07, 6.45) is 0.0826. The van der Waals surface area contributed by atoms with Gasteiger partial charge >= 0.3 is 0 Å². The van der Waals surface area contributed by atoms with Gasteiger partial charge in [-0.15, -0.1) is 0 Å². The van der Waals surface area contributed by atoms with Crippen LogP contribution >= 0.6 is 0 Å². The van der Waals surface area contributed by atoms with Gasteiger partial charge in [-0.25, -0.2) is 0 Å². The predicted molar refractivity (Wildman–Crippen MR) is 54.0 cm³/mol. The molecule has 1 aliphatic rings. The van der Waals surface area contributed by atoms with Crippen LogP contribution in [-0.4, -0.2) is 57.7 Å². The van der Waals surface area contributed by atoms with Gasteiger partial charge < -0.3 is 15.3 Å². The van der Waals surface area contributed by atoms with E-state index < -0.39 is 17.8 Å². The van der Waals surface area contributed by atoms with Crippen LogP contribution in [0.5, 0.6) is 0 Å². The first-order chi connectivity index (χ1) is 6.50. The number of β-amino-alcohol motifs (C(OH)–C–C–N with tert-alkyl or cyclic N) is 3. The Bertz CT molecular complexity index is 172. The van der Waals surface area contributed by atoms with Crippen molar-refractivity contribution in [3.05, 3.63) is 0 Å². The molecule has 0 bridgehead atoms. The highest BCUT2D eigenvalue weighted by Crippen LogP contribution is 2.19. The smallest absolute Gasteiger partial charge is 0.0938 e. The molecule has 0 spiro atoms. The molecule has 4 nitrogen and oxygen atoms in total. The lowest BCUT2D eigenvalue weighted by Crippen LogP contribution is -2.41. The van der Waals surface area contributed by atoms with Crippen LogP contribution in [0.3, 0.4) is 0 Å². The van der Waals surface area contributed by atoms with Gasteiger partial charge in [-0.05, 0) is 12.8 Å². The number of rotatable bonds is 4. The number of aliphatic hydroxyl groups is 3. The van der Waals surface area contributed by atoms with E-state index in [-0.39, 0.29) is 0 Å². The SMILES string of the molecule is CCC(O)(CC)CN1C[C@@H](O)[C@@H](O)C1. The molecule has 1 heterocycles. The third kappa shape index (κ3) is 2.67. The van der Waals surface area contributed by atoms with Gasteiger partial charge in [-0.1, -0.05) is 13.8 Å². The summed E-state index contributed by atoms with van der Waals surface area (Å²) in [5, 5.41) is 28.7. The summed E-state index contributed by atoms with van der Waals surface area (Å²) in [6.45, 7) is 5.36. The molecule has 0 aliphatic carbocycles. The zero-order valence-corrected chi connectivity index (χ0v) is 8.98. The van der Waals surface area contributed by atoms with Gasteiger partial charge in [0.05, 0.1) is 17.8 Å². The van der Waals surface area contributed by atoms with Crippen LogP contribution in [0, 0.1) is 0 Å². The Balaban J connectivity index is 2.45. The van der Waals surface area contributed by atoms with E-state index in [1.54, 1.807) is 0 Å². The fourth-order valence-corrected chi connectivity index (χ4v) is 1.87. The van der Waals surface area contributed by atoms with Crippen LogP contribution in [-0.2, 0) is 0 Å². The van der Waals surface area contributed by atoms with Crippen molar-refractivity contribution in [1.29, 1.82) is 0 Å². The molecule has 0 aromatic rings. The summed E-state index contributed by atoms with van der Waals surface area (Å²) in [5.41, 5.74) is -0.677. The van der Waals surface area contributed by atoms with E-state index in [0.717, 1.165) is 0 Å². The molecule has 1 saturated heterocycles. The highest BCUT2D eigenvalue weighted by atomic mass is 16.3. The zero-order valence-electron chi connectivity index (χ0n) is 8.98. The first-order valence-electron chi connectivity index (χ1n) is 5.31. The number of nitrogens with zero attached hydrogens (tertiary/aromatic N) is 1. The van der Waals surface area contributed by atoms with Crippen LogP contribution in [0.1, 0.15) is 26.7 Å². The van der Waals surface area contributed by atoms with Crippen LogP contribution in [0.15, 0.2) is 0 Å². The van der Waals surface area contributed by atoms with E-state index in [1.165, 1.54) is 0 Å². The van der Waals surface area contributed by atoms with Crippen LogP contribution < -0.4 is 0 Å². The van der Waals surface area contributed by atoms with E-state index >= 15 is 0 Å². The van der Waals surface area contributed by atoms with Crippen LogP contribution in [0.4, 0.5) is 0 Å². The highest BCUT2D eigenvalue weighted by Gasteiger charge is 2.34. The quantitative estimate of drug-likeness (QED) is 0.580. The molecule has 3 N–H and O–H groups in total. The topological polar surface area (TPSA) is 63.9 Å². The Labute approximate surface area is 85.2 Å². The summed E-state index contributed by atoms with van der Waals surface area (Å²) >= 11 is 0. The van der Waals surface area contributed by atoms with Gasteiger partial charge in [0.2, 0.25) is 0 Å². The Morgan fingerprint density at radius 3 is 1.93 bits per heavy atom. The fraction of sp³-hybridized carbons (Fsp3) is 1.00. The van der Waals surface area contributed by atoms with Crippen LogP contribution in [0.2, 0.25) is 0 Å². The van der Waals surface area contributed by atoms with Crippen molar-refractivity contribution in [2.45, 2.75) is 44.5 Å². The van der Waals surface area contributed by atoms with Crippen molar-refractivity contribution in [3.8, 4) is 0 Å². The van der Waals surface area contributed by atoms with Gasteiger partial charge in [0, 0.05) is 19.6 Å². The predicted octanol–water partition coefficient (Wildman–Crippen LogP) is -0.425. The molecule has 0 saturated carbocycles. The summed E-state index contributed by atoms with van der Waals surface area (Å²) in [6, 6.07) is 0. The lowest BCUT2D eigenvalue weighted by atomic mass is 9.97. The molecule has 0 unspecified atom stereocenters. The Kier molecular flexibility index (Phi) is 3.89. The summed E-state index contributed by atoms with van der Waals surface area (Å²) in [5.74, 6) is 0. The average Bonchev–Trinajstić information content (AvgIpc) is 2.45. The molecule has 0 aromatic heterocycles. The van der Waals surface area contributed by atoms with Crippen molar-refractivity contribution in [3.63, 3.8) is 0 Å². The van der Waals surface area contributed by atoms with Gasteiger partial charge in [-0.3, -0.25) is 4.90 Å². The molecule has 0 amide bonds. The van der Waals surface area contributed by atoms with Gasteiger partial charge in [-0.2, -0.15) is 0 Å². The number of hydrogen-bond donors (Lipinski definition) is 3. The normalized spacial score (nSPS) is 29.8. The maximum atomic E-state index is 10.1. The minimum Gasteiger partial charge on any atom is -0.389 e. The zero-order chi connectivity index (χ0) is 10.8. The van der Waals surface area contributed by atoms with E-state index in [4.69, 9.17) is 0 Å². The number of hydrogen-bond acceptors (Lipinski definition) is 4. The Morgan fingerprint density at radius 1 is 1.14 bits per heavy atom. The lowest BCUT2D eigenvalue weighted by molar-refractivity contribution is -0.000623. The molecular weight excluding hydrogens is 182 g/mol. The molecule has 0 aromatic carbocycles. The fourth-order valence-electron chi connectivity index (χ4n) is 1.87. The summed E-state index contributed by atoms with van der Waals surface area (Å²) < 4.78 is 0. The van der Waals surface area contributed by atoms with Crippen LogP contribution in [0.25, 0.3) is 0 Å². The highest BCUT2D eigenvalue weighted by molar-refractivity contribution is 4.88. The molecule has 0 radical (unpaired) electrons. The third-order valence-corrected chi connectivity index (χ3v) is 3.17. The molecule has 1 fully saturated rings. The van der Waals surface area contributed by atoms with Gasteiger partial charge in [0.15, 0.2) is 0 Å². The van der Waals surface area contributed by atoms with Crippen molar-refractivity contribution in [1.82, 2.24) is 4.90 Å². The third-order valence-electron chi connectivity index (χ3n) is 3.17. The van der Waals surface area contributed by atoms with Crippen molar-refractivity contribution < 1.29 is 15.3 Å². The van der Waals surface area contributed by atoms with E-state index in [2.05, 4.69) is 0 Å². The second-order valence-corrected chi connectivity index (χ2v) is 4.26. The molecule has 2 atom stereocenters. The van der Waals surface area contributed by atoms with Crippen molar-refractivity contribution in [2.24, 2.45) is 0 Å². The monoisotopic (exact) mass is 203 g/mol. The molecule has 1 aliphatic heterocycles.